The third-order valence-corrected chi connectivity index (χ3v) is 10.6. The van der Waals surface area contributed by atoms with Crippen molar-refractivity contribution >= 4 is 16.7 Å². The number of aliphatic hydroxyl groups is 2. The number of rotatable bonds is 14. The minimum absolute atomic E-state index is 0.0400. The van der Waals surface area contributed by atoms with Crippen molar-refractivity contribution in [3.63, 3.8) is 0 Å². The Kier molecular flexibility index (Phi) is 12.4. The molecule has 2 aliphatic rings. The molecular formula is C46H50N4O5. The monoisotopic (exact) mass is 738 g/mol. The molecule has 0 saturated carbocycles. The van der Waals surface area contributed by atoms with Crippen LogP contribution in [0.2, 0.25) is 0 Å². The van der Waals surface area contributed by atoms with Crippen LogP contribution in [-0.2, 0) is 24.1 Å². The number of nitrogens with one attached hydrogen (secondary N) is 2. The molecule has 9 nitrogen and oxygen atoms in total. The smallest absolute Gasteiger partial charge is 0.190 e. The molecule has 3 aromatic carbocycles. The lowest BCUT2D eigenvalue weighted by molar-refractivity contribution is -0.121. The van der Waals surface area contributed by atoms with Crippen LogP contribution in [0, 0.1) is 29.8 Å². The van der Waals surface area contributed by atoms with Gasteiger partial charge in [-0.25, -0.2) is 0 Å². The number of hydrogen-bond donors (Lipinski definition) is 5. The second-order valence-corrected chi connectivity index (χ2v) is 14.7. The second-order valence-electron chi connectivity index (χ2n) is 14.7. The van der Waals surface area contributed by atoms with Gasteiger partial charge in [-0.3, -0.25) is 10.1 Å². The number of unbranched alkanes of at least 4 members (excludes halogenated alkanes) is 2. The summed E-state index contributed by atoms with van der Waals surface area (Å²) in [7, 11) is 0. The molecule has 2 aromatic heterocycles. The Labute approximate surface area is 323 Å². The minimum atomic E-state index is -1.05. The highest BCUT2D eigenvalue weighted by atomic mass is 16.5. The van der Waals surface area contributed by atoms with Gasteiger partial charge in [0, 0.05) is 56.2 Å². The molecule has 0 fully saturated rings. The highest BCUT2D eigenvalue weighted by Gasteiger charge is 2.28. The fourth-order valence-electron chi connectivity index (χ4n) is 7.44. The average Bonchev–Trinajstić information content (AvgIpc) is 3.79. The van der Waals surface area contributed by atoms with E-state index in [0.717, 1.165) is 70.9 Å². The Hall–Kier alpha value is -5.29. The number of ketones is 1. The number of nitrogens with zero attached hydrogens (tertiary/aromatic N) is 1. The normalized spacial score (nSPS) is 18.4. The van der Waals surface area contributed by atoms with E-state index in [1.165, 1.54) is 5.56 Å². The molecule has 284 valence electrons. The molecule has 6 N–H and O–H groups in total. The standard InChI is InChI=1S/C46H50N4O5/c1-2-3-5-12-37(51)27-38(52)17-13-32-14-20-43-44(24-32)55-46-33(11-8-23-54-43)16-19-42(53)39-18-15-34(45(47)48-22-21-31-9-6-4-7-10-31)25-35(39)26-36-28-49-41-30-50(46)29-40(36)41/h4,6-7,9-10,14-15,18,20,24-25,28-30,33,37,42,45-46,48-49,51,53H,2-3,5,11-13,17,21-22,26-27,47H2,1H3/t33-,37+,42+,45+,46-/m0/s1. The third kappa shape index (κ3) is 9.51. The largest absolute Gasteiger partial charge is 0.465 e. The van der Waals surface area contributed by atoms with Crippen LogP contribution in [0.15, 0.2) is 85.3 Å². The predicted molar refractivity (Wildman–Crippen MR) is 214 cm³/mol. The van der Waals surface area contributed by atoms with E-state index in [-0.39, 0.29) is 18.4 Å². The van der Waals surface area contributed by atoms with Crippen LogP contribution in [0.5, 0.6) is 11.5 Å². The summed E-state index contributed by atoms with van der Waals surface area (Å²) in [5.41, 5.74) is 13.5. The van der Waals surface area contributed by atoms with Gasteiger partial charge in [0.15, 0.2) is 17.7 Å². The van der Waals surface area contributed by atoms with Crippen LogP contribution in [0.1, 0.15) is 104 Å². The number of hydrogen-bond acceptors (Lipinski definition) is 7. The van der Waals surface area contributed by atoms with Gasteiger partial charge in [-0.1, -0.05) is 98.5 Å². The molecule has 2 bridgehead atoms. The van der Waals surface area contributed by atoms with Crippen LogP contribution in [0.3, 0.4) is 0 Å². The fourth-order valence-corrected chi connectivity index (χ4v) is 7.44. The number of aryl methyl sites for hydroxylation is 1. The second kappa shape index (κ2) is 17.9. The van der Waals surface area contributed by atoms with Crippen molar-refractivity contribution < 1.29 is 24.5 Å². The zero-order valence-corrected chi connectivity index (χ0v) is 31.4. The minimum Gasteiger partial charge on any atom is -0.465 e. The van der Waals surface area contributed by atoms with Gasteiger partial charge in [-0.05, 0) is 64.8 Å². The highest BCUT2D eigenvalue weighted by Crippen LogP contribution is 2.37. The molecule has 9 heteroatoms. The maximum Gasteiger partial charge on any atom is 0.190 e. The summed E-state index contributed by atoms with van der Waals surface area (Å²) in [5, 5.41) is 26.4. The Morgan fingerprint density at radius 2 is 1.89 bits per heavy atom. The summed E-state index contributed by atoms with van der Waals surface area (Å²) < 4.78 is 14.7. The van der Waals surface area contributed by atoms with Crippen molar-refractivity contribution in [2.45, 2.75) is 95.7 Å². The number of carbonyl (C=O) groups is 1. The zero-order valence-electron chi connectivity index (χ0n) is 31.4. The molecule has 0 amide bonds. The van der Waals surface area contributed by atoms with E-state index >= 15 is 0 Å². The van der Waals surface area contributed by atoms with Gasteiger partial charge in [0.1, 0.15) is 18.0 Å². The molecule has 0 unspecified atom stereocenters. The first-order valence-electron chi connectivity index (χ1n) is 19.5. The van der Waals surface area contributed by atoms with Crippen LogP contribution in [-0.4, -0.2) is 38.2 Å². The van der Waals surface area contributed by atoms with E-state index in [0.29, 0.717) is 43.6 Å². The molecule has 2 aliphatic heterocycles. The number of fused-ring (bicyclic) bond motifs is 5. The first kappa shape index (κ1) is 38.0. The van der Waals surface area contributed by atoms with E-state index < -0.39 is 24.4 Å². The summed E-state index contributed by atoms with van der Waals surface area (Å²) in [6, 6.07) is 21.9. The third-order valence-electron chi connectivity index (χ3n) is 10.6. The number of aromatic nitrogens is 2. The Morgan fingerprint density at radius 1 is 1.02 bits per heavy atom. The molecule has 55 heavy (non-hydrogen) atoms. The van der Waals surface area contributed by atoms with Gasteiger partial charge in [-0.15, -0.1) is 0 Å². The summed E-state index contributed by atoms with van der Waals surface area (Å²) in [6.45, 7) is 2.85. The molecule has 0 aliphatic carbocycles. The zero-order chi connectivity index (χ0) is 38.1. The molecule has 0 radical (unpaired) electrons. The van der Waals surface area contributed by atoms with E-state index in [4.69, 9.17) is 15.2 Å². The number of carbonyl (C=O) groups excluding carboxylic acids is 1. The number of aliphatic hydroxyl groups excluding tert-OH is 2. The topological polar surface area (TPSA) is 135 Å². The van der Waals surface area contributed by atoms with Crippen molar-refractivity contribution in [3.05, 3.63) is 119 Å². The first-order chi connectivity index (χ1) is 26.8. The lowest BCUT2D eigenvalue weighted by Crippen LogP contribution is -2.30. The van der Waals surface area contributed by atoms with Crippen molar-refractivity contribution in [1.29, 1.82) is 0 Å². The maximum absolute atomic E-state index is 12.7. The Bertz CT molecular complexity index is 2220. The van der Waals surface area contributed by atoms with Gasteiger partial charge in [0.2, 0.25) is 0 Å². The van der Waals surface area contributed by atoms with Gasteiger partial charge in [0.25, 0.3) is 0 Å². The van der Waals surface area contributed by atoms with Gasteiger partial charge >= 0.3 is 0 Å². The van der Waals surface area contributed by atoms with Crippen molar-refractivity contribution in [3.8, 4) is 35.4 Å². The molecule has 7 rings (SSSR count). The number of H-pyrrole nitrogens is 1. The van der Waals surface area contributed by atoms with Crippen molar-refractivity contribution in [2.24, 2.45) is 11.7 Å². The molecule has 5 atom stereocenters. The summed E-state index contributed by atoms with van der Waals surface area (Å²) in [4.78, 5) is 16.2. The maximum atomic E-state index is 12.7. The Balaban J connectivity index is 1.13. The van der Waals surface area contributed by atoms with Gasteiger partial charge in [-0.2, -0.15) is 0 Å². The fraction of sp³-hybridized carbons (Fsp3) is 0.370. The van der Waals surface area contributed by atoms with Gasteiger partial charge in [0.05, 0.1) is 23.7 Å². The van der Waals surface area contributed by atoms with Crippen LogP contribution < -0.4 is 20.5 Å². The molecular weight excluding hydrogens is 689 g/mol. The Morgan fingerprint density at radius 3 is 2.75 bits per heavy atom. The number of nitrogens with two attached hydrogens (primary N) is 1. The summed E-state index contributed by atoms with van der Waals surface area (Å²) >= 11 is 0. The lowest BCUT2D eigenvalue weighted by atomic mass is 9.93. The summed E-state index contributed by atoms with van der Waals surface area (Å²) in [5.74, 6) is 10.2. The van der Waals surface area contributed by atoms with E-state index in [9.17, 15) is 15.0 Å². The van der Waals surface area contributed by atoms with E-state index in [2.05, 4.69) is 65.5 Å². The van der Waals surface area contributed by atoms with Crippen molar-refractivity contribution in [2.75, 3.05) is 6.54 Å². The number of benzene rings is 3. The highest BCUT2D eigenvalue weighted by molar-refractivity contribution is 5.83. The number of Topliss-reactive ketones (excluding diaryl/α,β-unsaturated/α-hetero) is 1. The predicted octanol–water partition coefficient (Wildman–Crippen LogP) is 7.17. The molecule has 4 heterocycles. The molecule has 5 aromatic rings. The van der Waals surface area contributed by atoms with E-state index in [1.54, 1.807) is 0 Å². The number of aromatic amines is 1. The SMILES string of the molecule is CCCCC[C@@H](O)CC(=O)CCc1ccc2c(c1)O[C@H]1[C@H](C#C[C@@H](O)c3ccc([C@H](N)NCCc4ccccc4)cc3Cc3c[nH]c4cn1cc34)CC#CO2. The van der Waals surface area contributed by atoms with Crippen LogP contribution >= 0.6 is 0 Å². The van der Waals surface area contributed by atoms with Crippen LogP contribution in [0.25, 0.3) is 10.9 Å². The van der Waals surface area contributed by atoms with Crippen molar-refractivity contribution in [1.82, 2.24) is 14.9 Å². The lowest BCUT2D eigenvalue weighted by Gasteiger charge is -2.26. The van der Waals surface area contributed by atoms with Gasteiger partial charge < -0.3 is 35.0 Å². The summed E-state index contributed by atoms with van der Waals surface area (Å²) in [6.07, 6.45) is 12.8. The average molecular weight is 739 g/mol. The molecule has 0 spiro atoms. The van der Waals surface area contributed by atoms with Crippen LogP contribution in [0.4, 0.5) is 0 Å². The molecule has 0 saturated heterocycles. The van der Waals surface area contributed by atoms with E-state index in [1.807, 2.05) is 65.5 Å². The first-order valence-corrected chi connectivity index (χ1v) is 19.5. The number of ether oxygens (including phenoxy) is 2. The quantitative estimate of drug-likeness (QED) is 0.0464.